The number of carbonyl (C=O) groups is 5. The summed E-state index contributed by atoms with van der Waals surface area (Å²) in [7, 11) is -8.44. The van der Waals surface area contributed by atoms with Crippen molar-refractivity contribution in [1.82, 2.24) is 0 Å². The maximum atomic E-state index is 13.2. The second kappa shape index (κ2) is 47.9. The minimum Gasteiger partial charge on any atom is -0.768 e. The molecule has 0 amide bonds. The molecule has 1 unspecified atom stereocenters. The van der Waals surface area contributed by atoms with Crippen LogP contribution in [0.2, 0.25) is 15.1 Å². The van der Waals surface area contributed by atoms with Gasteiger partial charge in [-0.05, 0) is 211 Å². The number of sulfone groups is 2. The summed E-state index contributed by atoms with van der Waals surface area (Å²) in [4.78, 5) is 56.1. The fraction of sp³-hybridized carbons (Fsp3) is 0.234. The van der Waals surface area contributed by atoms with Crippen LogP contribution < -0.4 is 52.7 Å². The molecule has 0 aromatic heterocycles. The summed E-state index contributed by atoms with van der Waals surface area (Å²) >= 11 is 15.2. The summed E-state index contributed by atoms with van der Waals surface area (Å²) in [5.41, 5.74) is -1.77. The van der Waals surface area contributed by atoms with Crippen molar-refractivity contribution >= 4 is 106 Å². The monoisotopic (exact) mass is 1730 g/mol. The summed E-state index contributed by atoms with van der Waals surface area (Å²) < 4.78 is 175. The molecule has 9 rings (SSSR count). The molecule has 0 heterocycles. The van der Waals surface area contributed by atoms with Gasteiger partial charge in [0.25, 0.3) is 0 Å². The number of carbonyl (C=O) groups excluding carboxylic acids is 4. The first-order chi connectivity index (χ1) is 53.2. The van der Waals surface area contributed by atoms with Gasteiger partial charge in [-0.3, -0.25) is 28.2 Å². The third-order valence-corrected chi connectivity index (χ3v) is 20.0. The van der Waals surface area contributed by atoms with Crippen molar-refractivity contribution in [1.29, 1.82) is 0 Å². The molecule has 4 N–H and O–H groups in total. The van der Waals surface area contributed by atoms with Crippen LogP contribution in [0.25, 0.3) is 11.1 Å². The Morgan fingerprint density at radius 2 is 0.754 bits per heavy atom. The van der Waals surface area contributed by atoms with Gasteiger partial charge in [0.1, 0.15) is 46.0 Å². The summed E-state index contributed by atoms with van der Waals surface area (Å²) in [6.07, 6.45) is -0.451. The number of hydrogen-bond acceptors (Lipinski definition) is 25. The Hall–Kier alpha value is -9.65. The number of carboxylic acid groups (broad SMARTS) is 1. The Morgan fingerprint density at radius 1 is 0.404 bits per heavy atom. The number of phenolic OH excluding ortho intramolecular Hbond substituents is 3. The number of alkyl halides is 3. The van der Waals surface area contributed by atoms with Crippen molar-refractivity contribution in [3.63, 3.8) is 0 Å². The van der Waals surface area contributed by atoms with E-state index in [0.717, 1.165) is 30.4 Å². The van der Waals surface area contributed by atoms with E-state index in [1.54, 1.807) is 87.5 Å². The van der Waals surface area contributed by atoms with E-state index in [1.165, 1.54) is 112 Å². The van der Waals surface area contributed by atoms with Gasteiger partial charge in [0.05, 0.1) is 107 Å². The van der Waals surface area contributed by atoms with Crippen LogP contribution >= 0.6 is 34.8 Å². The van der Waals surface area contributed by atoms with Crippen LogP contribution in [0.15, 0.2) is 213 Å². The molecule has 0 saturated carbocycles. The van der Waals surface area contributed by atoms with E-state index in [-0.39, 0.29) is 127 Å². The Labute approximate surface area is 696 Å². The first-order valence-corrected chi connectivity index (χ1v) is 39.5. The number of ether oxygens (including phenoxy) is 8. The average molecular weight is 1730 g/mol. The topological polar surface area (TPSA) is 392 Å². The van der Waals surface area contributed by atoms with Gasteiger partial charge in [0.2, 0.25) is 19.7 Å². The number of phenols is 3. The van der Waals surface area contributed by atoms with Crippen molar-refractivity contribution in [2.45, 2.75) is 89.8 Å². The van der Waals surface area contributed by atoms with Gasteiger partial charge in [0.15, 0.2) is 0 Å². The molecule has 26 nitrogen and oxygen atoms in total. The molecule has 0 saturated heterocycles. The van der Waals surface area contributed by atoms with E-state index >= 15 is 0 Å². The number of methoxy groups -OCH3 is 4. The minimum absolute atomic E-state index is 0. The minimum atomic E-state index is -5.81. The predicted octanol–water partition coefficient (Wildman–Crippen LogP) is 11.1. The summed E-state index contributed by atoms with van der Waals surface area (Å²) in [6, 6.07) is 46.7. The SMILES string of the molecule is CCOc1cc(CC(=O)O)cc(S(=O)(=O)c2cccc(-c3ccc(Cl)cc3)c2)c1.CCOc1cc(CC(=O)OC)cc(OS(=O)(=O)C(F)(F)F)c1.CCOc1cc(CC(=O)OC)cc(S(=O)(=O)c2cccc(Cl)c2)c1.CCOc1cc(O)cc(CC(=O)OC)c1.COC(=O)Cc1cc(O)cc(O)c1.O=S([O-])c1cccc(Cl)c1.[Na+]. The average Bonchev–Trinajstić information content (AvgIpc) is 0.787. The van der Waals surface area contributed by atoms with E-state index in [0.29, 0.717) is 74.4 Å². The molecule has 608 valence electrons. The number of rotatable bonds is 26. The molecule has 9 aromatic rings. The maximum absolute atomic E-state index is 13.2. The van der Waals surface area contributed by atoms with Crippen LogP contribution in [0.5, 0.6) is 46.0 Å². The molecule has 0 radical (unpaired) electrons. The second-order valence-electron chi connectivity index (χ2n) is 22.6. The van der Waals surface area contributed by atoms with E-state index in [2.05, 4.69) is 23.1 Å². The molecule has 0 fully saturated rings. The number of halogens is 6. The molecule has 9 aromatic carbocycles. The van der Waals surface area contributed by atoms with Crippen LogP contribution in [0.4, 0.5) is 13.2 Å². The first kappa shape index (κ1) is 98.5. The molecule has 114 heavy (non-hydrogen) atoms. The van der Waals surface area contributed by atoms with E-state index in [9.17, 15) is 76.3 Å². The Morgan fingerprint density at radius 3 is 1.14 bits per heavy atom. The van der Waals surface area contributed by atoms with Crippen molar-refractivity contribution in [3.05, 3.63) is 231 Å². The number of benzene rings is 9. The van der Waals surface area contributed by atoms with Gasteiger partial charge < -0.3 is 67.1 Å². The van der Waals surface area contributed by atoms with Gasteiger partial charge in [-0.1, -0.05) is 71.2 Å². The summed E-state index contributed by atoms with van der Waals surface area (Å²) in [5.74, 6) is -2.28. The van der Waals surface area contributed by atoms with Gasteiger partial charge in [-0.15, -0.1) is 0 Å². The Balaban J connectivity index is 0.000000365. The smallest absolute Gasteiger partial charge is 0.768 e. The fourth-order valence-corrected chi connectivity index (χ4v) is 13.6. The van der Waals surface area contributed by atoms with Crippen LogP contribution in [-0.4, -0.2) is 145 Å². The van der Waals surface area contributed by atoms with Gasteiger partial charge in [0, 0.05) is 38.2 Å². The van der Waals surface area contributed by atoms with Gasteiger partial charge in [-0.2, -0.15) is 21.6 Å². The largest absolute Gasteiger partial charge is 1.00 e. The third kappa shape index (κ3) is 33.8. The molecular formula is C77H77Cl3F3NaO26S4. The zero-order valence-electron chi connectivity index (χ0n) is 62.4. The Kier molecular flexibility index (Phi) is 41.4. The van der Waals surface area contributed by atoms with E-state index < -0.39 is 76.0 Å². The fourth-order valence-electron chi connectivity index (χ4n) is 9.33. The number of aliphatic carboxylic acids is 1. The van der Waals surface area contributed by atoms with Crippen LogP contribution in [-0.2, 0) is 116 Å². The molecule has 37 heteroatoms. The predicted molar refractivity (Wildman–Crippen MR) is 410 cm³/mol. The standard InChI is InChI=1S/C22H19ClO5S.C17H17ClO5S.C12H13F3O6S.C11H14O4.C9H10O4.C6H5ClO2S.Na/c1-2-28-19-10-15(12-22(24)25)11-21(14-19)29(26,27)20-5-3-4-17(13-20)16-6-8-18(23)9-7-16;1-3-23-14-7-12(9-17(19)22-2)8-16(11-14)24(20,21)15-6-4-5-13(18)10-15;1-3-20-9-4-8(6-11(16)19-2)5-10(7-9)21-22(17,18)12(13,14)15;1-3-15-10-5-8(4-9(12)7-10)6-11(13)14-2;1-13-9(12)4-6-2-7(10)5-8(11)3-6;7-5-2-1-3-6(4-5)10(8)9;/h3-11,13-14H,2,12H2,1H3,(H,24,25);4-8,10-11H,3,9H2,1-2H3;4-5,7H,3,6H2,1-2H3;4-5,7,12H,3,6H2,1-2H3;2-3,5,10-11H,4H2,1H3;1-4H,(H,8,9);/q;;;;;;+1/p-1. The summed E-state index contributed by atoms with van der Waals surface area (Å²) in [5, 5.41) is 37.9. The van der Waals surface area contributed by atoms with Crippen molar-refractivity contribution < 1.29 is 163 Å². The van der Waals surface area contributed by atoms with Crippen LogP contribution in [0, 0.1) is 0 Å². The second-order valence-corrected chi connectivity index (χ2v) is 30.3. The normalized spacial score (nSPS) is 11.0. The molecule has 0 aliphatic heterocycles. The van der Waals surface area contributed by atoms with E-state index in [1.807, 2.05) is 25.1 Å². The third-order valence-electron chi connectivity index (χ3n) is 14.2. The zero-order chi connectivity index (χ0) is 84.4. The number of carboxylic acids is 1. The van der Waals surface area contributed by atoms with Crippen molar-refractivity contribution in [2.24, 2.45) is 0 Å². The maximum Gasteiger partial charge on any atom is 1.00 e. The molecule has 0 spiro atoms. The van der Waals surface area contributed by atoms with E-state index in [4.69, 9.17) is 69.1 Å². The molecule has 0 aliphatic rings. The number of hydrogen-bond donors (Lipinski definition) is 4. The number of aromatic hydroxyl groups is 3. The van der Waals surface area contributed by atoms with Crippen molar-refractivity contribution in [3.8, 4) is 57.1 Å². The molecule has 0 aliphatic carbocycles. The van der Waals surface area contributed by atoms with Crippen molar-refractivity contribution in [2.75, 3.05) is 54.9 Å². The Bertz CT molecular complexity index is 5100. The summed E-state index contributed by atoms with van der Waals surface area (Å²) in [6.45, 7) is 8.45. The molecule has 1 atom stereocenters. The molecule has 0 bridgehead atoms. The van der Waals surface area contributed by atoms with Crippen LogP contribution in [0.1, 0.15) is 55.5 Å². The van der Waals surface area contributed by atoms with Gasteiger partial charge in [-0.25, -0.2) is 16.8 Å². The quantitative estimate of drug-likeness (QED) is 0.00977. The zero-order valence-corrected chi connectivity index (χ0v) is 70.0. The van der Waals surface area contributed by atoms with Crippen LogP contribution in [0.3, 0.4) is 0 Å². The first-order valence-electron chi connectivity index (χ1n) is 33.0. The van der Waals surface area contributed by atoms with Gasteiger partial charge >= 0.3 is 75.0 Å². The molecular weight excluding hydrogens is 1660 g/mol. The number of esters is 4.